The first-order valence-electron chi connectivity index (χ1n) is 12.3. The molecule has 4 rings (SSSR count). The summed E-state index contributed by atoms with van der Waals surface area (Å²) in [5, 5.41) is 0. The molecule has 0 saturated carbocycles. The Balaban J connectivity index is 1.21. The summed E-state index contributed by atoms with van der Waals surface area (Å²) in [6.45, 7) is 6.77. The third-order valence-corrected chi connectivity index (χ3v) is 9.45. The summed E-state index contributed by atoms with van der Waals surface area (Å²) >= 11 is 0. The Bertz CT molecular complexity index is 984. The van der Waals surface area contributed by atoms with E-state index in [0.717, 1.165) is 43.4 Å². The predicted octanol–water partition coefficient (Wildman–Crippen LogP) is 3.19. The van der Waals surface area contributed by atoms with Gasteiger partial charge in [-0.05, 0) is 38.3 Å². The average molecular weight is 518 g/mol. The smallest absolute Gasteiger partial charge is 0.390 e. The fraction of sp³-hybridized carbons (Fsp3) is 0.708. The minimum atomic E-state index is -4.51. The maximum Gasteiger partial charge on any atom is 0.390 e. The van der Waals surface area contributed by atoms with Gasteiger partial charge in [0.1, 0.15) is 6.10 Å². The summed E-state index contributed by atoms with van der Waals surface area (Å²) < 4.78 is 68.7. The van der Waals surface area contributed by atoms with Gasteiger partial charge in [0.15, 0.2) is 0 Å². The lowest BCUT2D eigenvalue weighted by molar-refractivity contribution is -0.150. The number of esters is 1. The second kappa shape index (κ2) is 10.3. The van der Waals surface area contributed by atoms with E-state index in [1.54, 1.807) is 0 Å². The molecule has 0 unspecified atom stereocenters. The standard InChI is InChI=1S/C24H34F3N3O4S/c1-19-2-4-20(5-3-19)29-15-13-28(14-16-29)10-6-21-18-23(22(31)34-21)7-11-30(12-8-23)35(32,33)17-9-24(25,26)27/h2-5,21H,6-18H2,1H3/t21-/m1/s1. The molecule has 1 spiro atoms. The fourth-order valence-electron chi connectivity index (χ4n) is 5.28. The molecule has 0 bridgehead atoms. The second-order valence-corrected chi connectivity index (χ2v) is 12.1. The highest BCUT2D eigenvalue weighted by molar-refractivity contribution is 7.89. The van der Waals surface area contributed by atoms with Crippen molar-refractivity contribution in [3.63, 3.8) is 0 Å². The van der Waals surface area contributed by atoms with Gasteiger partial charge in [0.2, 0.25) is 10.0 Å². The first-order chi connectivity index (χ1) is 16.5. The van der Waals surface area contributed by atoms with Crippen LogP contribution in [0.1, 0.15) is 37.7 Å². The quantitative estimate of drug-likeness (QED) is 0.518. The van der Waals surface area contributed by atoms with Gasteiger partial charge in [-0.2, -0.15) is 13.2 Å². The van der Waals surface area contributed by atoms with Gasteiger partial charge in [0.05, 0.1) is 17.6 Å². The Morgan fingerprint density at radius 3 is 2.26 bits per heavy atom. The van der Waals surface area contributed by atoms with E-state index in [9.17, 15) is 26.4 Å². The van der Waals surface area contributed by atoms with E-state index in [1.807, 2.05) is 0 Å². The first-order valence-corrected chi connectivity index (χ1v) is 13.9. The number of ether oxygens (including phenoxy) is 1. The molecule has 0 radical (unpaired) electrons. The van der Waals surface area contributed by atoms with Crippen LogP contribution in [0.5, 0.6) is 0 Å². The molecule has 7 nitrogen and oxygen atoms in total. The van der Waals surface area contributed by atoms with Crippen LogP contribution in [0.15, 0.2) is 24.3 Å². The third-order valence-electron chi connectivity index (χ3n) is 7.58. The first kappa shape index (κ1) is 26.2. The summed E-state index contributed by atoms with van der Waals surface area (Å²) in [6, 6.07) is 8.54. The van der Waals surface area contributed by atoms with Gasteiger partial charge in [0, 0.05) is 57.9 Å². The Morgan fingerprint density at radius 2 is 1.66 bits per heavy atom. The molecule has 3 fully saturated rings. The van der Waals surface area contributed by atoms with Crippen molar-refractivity contribution in [2.75, 3.05) is 56.5 Å². The number of nitrogens with zero attached hydrogens (tertiary/aromatic N) is 3. The van der Waals surface area contributed by atoms with Gasteiger partial charge in [0.25, 0.3) is 0 Å². The number of piperidine rings is 1. The highest BCUT2D eigenvalue weighted by atomic mass is 32.2. The monoisotopic (exact) mass is 517 g/mol. The zero-order valence-corrected chi connectivity index (χ0v) is 20.9. The number of alkyl halides is 3. The number of rotatable bonds is 7. The lowest BCUT2D eigenvalue weighted by Crippen LogP contribution is -2.47. The van der Waals surface area contributed by atoms with Gasteiger partial charge >= 0.3 is 12.1 Å². The van der Waals surface area contributed by atoms with Crippen LogP contribution >= 0.6 is 0 Å². The van der Waals surface area contributed by atoms with Crippen LogP contribution in [0, 0.1) is 12.3 Å². The number of hydrogen-bond donors (Lipinski definition) is 0. The minimum absolute atomic E-state index is 0.0585. The van der Waals surface area contributed by atoms with Crippen molar-refractivity contribution in [1.29, 1.82) is 0 Å². The molecule has 35 heavy (non-hydrogen) atoms. The lowest BCUT2D eigenvalue weighted by Gasteiger charge is -2.36. The van der Waals surface area contributed by atoms with Crippen molar-refractivity contribution < 1.29 is 31.1 Å². The summed E-state index contributed by atoms with van der Waals surface area (Å²) in [7, 11) is -3.99. The zero-order valence-electron chi connectivity index (χ0n) is 20.1. The molecule has 0 aromatic heterocycles. The summed E-state index contributed by atoms with van der Waals surface area (Å²) in [5.41, 5.74) is 1.75. The molecule has 196 valence electrons. The van der Waals surface area contributed by atoms with Gasteiger partial charge in [-0.25, -0.2) is 12.7 Å². The zero-order chi connectivity index (χ0) is 25.3. The molecule has 1 aromatic carbocycles. The molecule has 3 aliphatic heterocycles. The number of aryl methyl sites for hydroxylation is 1. The summed E-state index contributed by atoms with van der Waals surface area (Å²) in [4.78, 5) is 17.4. The molecule has 3 saturated heterocycles. The van der Waals surface area contributed by atoms with E-state index in [2.05, 4.69) is 41.0 Å². The predicted molar refractivity (Wildman–Crippen MR) is 127 cm³/mol. The van der Waals surface area contributed by atoms with Crippen molar-refractivity contribution in [2.24, 2.45) is 5.41 Å². The Labute approximate surface area is 205 Å². The molecular weight excluding hydrogens is 483 g/mol. The van der Waals surface area contributed by atoms with Crippen molar-refractivity contribution >= 4 is 21.7 Å². The SMILES string of the molecule is Cc1ccc(N2CCN(CC[C@@H]3CC4(CCN(S(=O)(=O)CCC(F)(F)F)CC4)C(=O)O3)CC2)cc1. The van der Waals surface area contributed by atoms with Gasteiger partial charge in [-0.15, -0.1) is 0 Å². The number of benzene rings is 1. The Morgan fingerprint density at radius 1 is 1.03 bits per heavy atom. The number of carbonyl (C=O) groups excluding carboxylic acids is 1. The van der Waals surface area contributed by atoms with E-state index < -0.39 is 33.8 Å². The fourth-order valence-corrected chi connectivity index (χ4v) is 6.77. The number of carbonyl (C=O) groups is 1. The Kier molecular flexibility index (Phi) is 7.68. The Hall–Kier alpha value is -1.85. The van der Waals surface area contributed by atoms with Crippen molar-refractivity contribution in [3.8, 4) is 0 Å². The average Bonchev–Trinajstić information content (AvgIpc) is 3.12. The van der Waals surface area contributed by atoms with Crippen LogP contribution in [0.3, 0.4) is 0 Å². The van der Waals surface area contributed by atoms with Gasteiger partial charge in [-0.3, -0.25) is 9.69 Å². The number of anilines is 1. The number of sulfonamides is 1. The lowest BCUT2D eigenvalue weighted by atomic mass is 9.76. The molecule has 0 N–H and O–H groups in total. The molecule has 3 heterocycles. The summed E-state index contributed by atoms with van der Waals surface area (Å²) in [6.07, 6.45) is -4.21. The van der Waals surface area contributed by atoms with Gasteiger partial charge in [-0.1, -0.05) is 17.7 Å². The van der Waals surface area contributed by atoms with Crippen LogP contribution in [-0.4, -0.2) is 87.4 Å². The van der Waals surface area contributed by atoms with Crippen LogP contribution in [0.2, 0.25) is 0 Å². The van der Waals surface area contributed by atoms with E-state index in [1.165, 1.54) is 11.3 Å². The molecule has 1 atom stereocenters. The third kappa shape index (κ3) is 6.48. The highest BCUT2D eigenvalue weighted by Gasteiger charge is 2.51. The highest BCUT2D eigenvalue weighted by Crippen LogP contribution is 2.44. The van der Waals surface area contributed by atoms with Crippen LogP contribution in [0.4, 0.5) is 18.9 Å². The molecule has 1 aromatic rings. The molecular formula is C24H34F3N3O4S. The normalized spacial score (nSPS) is 24.2. The molecule has 0 aliphatic carbocycles. The number of cyclic esters (lactones) is 1. The maximum atomic E-state index is 12.7. The van der Waals surface area contributed by atoms with E-state index >= 15 is 0 Å². The van der Waals surface area contributed by atoms with Crippen LogP contribution < -0.4 is 4.90 Å². The summed E-state index contributed by atoms with van der Waals surface area (Å²) in [5.74, 6) is -1.24. The number of hydrogen-bond acceptors (Lipinski definition) is 6. The number of halogens is 3. The van der Waals surface area contributed by atoms with Crippen molar-refractivity contribution in [1.82, 2.24) is 9.21 Å². The maximum absolute atomic E-state index is 12.7. The van der Waals surface area contributed by atoms with Gasteiger partial charge < -0.3 is 9.64 Å². The van der Waals surface area contributed by atoms with Crippen LogP contribution in [0.25, 0.3) is 0 Å². The second-order valence-electron chi connectivity index (χ2n) is 10.0. The van der Waals surface area contributed by atoms with E-state index in [0.29, 0.717) is 19.3 Å². The van der Waals surface area contributed by atoms with Crippen molar-refractivity contribution in [2.45, 2.75) is 51.3 Å². The van der Waals surface area contributed by atoms with E-state index in [4.69, 9.17) is 4.74 Å². The molecule has 0 amide bonds. The van der Waals surface area contributed by atoms with E-state index in [-0.39, 0.29) is 25.2 Å². The largest absolute Gasteiger partial charge is 0.462 e. The topological polar surface area (TPSA) is 70.2 Å². The molecule has 3 aliphatic rings. The molecule has 11 heteroatoms. The number of piperazine rings is 1. The minimum Gasteiger partial charge on any atom is -0.462 e. The van der Waals surface area contributed by atoms with Crippen LogP contribution in [-0.2, 0) is 19.6 Å². The van der Waals surface area contributed by atoms with Crippen molar-refractivity contribution in [3.05, 3.63) is 29.8 Å².